The van der Waals surface area contributed by atoms with Crippen molar-refractivity contribution in [3.8, 4) is 11.8 Å². The van der Waals surface area contributed by atoms with Crippen LogP contribution in [0.2, 0.25) is 0 Å². The lowest BCUT2D eigenvalue weighted by Crippen LogP contribution is -2.22. The van der Waals surface area contributed by atoms with Crippen LogP contribution in [0, 0.1) is 18.8 Å². The molecule has 0 aromatic heterocycles. The molecule has 0 unspecified atom stereocenters. The maximum Gasteiger partial charge on any atom is 0.335 e. The topological polar surface area (TPSA) is 37.3 Å². The molecule has 1 aliphatic rings. The van der Waals surface area contributed by atoms with E-state index in [0.717, 1.165) is 17.5 Å². The van der Waals surface area contributed by atoms with Crippen molar-refractivity contribution >= 4 is 11.5 Å². The normalized spacial score (nSPS) is 14.2. The molecule has 0 atom stereocenters. The average molecular weight is 392 g/mol. The molecule has 2 heteroatoms. The predicted molar refractivity (Wildman–Crippen MR) is 122 cm³/mol. The molecule has 2 nitrogen and oxygen atoms in total. The summed E-state index contributed by atoms with van der Waals surface area (Å²) < 4.78 is 0. The van der Waals surface area contributed by atoms with Crippen LogP contribution in [0.3, 0.4) is 0 Å². The van der Waals surface area contributed by atoms with Crippen molar-refractivity contribution in [1.29, 1.82) is 0 Å². The van der Waals surface area contributed by atoms with E-state index < -0.39 is 5.97 Å². The van der Waals surface area contributed by atoms with Crippen molar-refractivity contribution in [2.45, 2.75) is 32.6 Å². The molecule has 0 bridgehead atoms. The van der Waals surface area contributed by atoms with Crippen LogP contribution in [0.4, 0.5) is 0 Å². The van der Waals surface area contributed by atoms with Gasteiger partial charge in [-0.25, -0.2) is 4.79 Å². The molecule has 0 aliphatic heterocycles. The van der Waals surface area contributed by atoms with Crippen molar-refractivity contribution in [3.05, 3.63) is 112 Å². The molecule has 0 fully saturated rings. The number of hydrogen-bond acceptors (Lipinski definition) is 1. The van der Waals surface area contributed by atoms with E-state index in [0.29, 0.717) is 0 Å². The van der Waals surface area contributed by atoms with Crippen LogP contribution in [-0.4, -0.2) is 11.1 Å². The Balaban J connectivity index is 1.69. The van der Waals surface area contributed by atoms with Crippen molar-refractivity contribution < 1.29 is 9.90 Å². The summed E-state index contributed by atoms with van der Waals surface area (Å²) in [6, 6.07) is 21.8. The smallest absolute Gasteiger partial charge is 0.335 e. The standard InChI is InChI=1S/C28H24O2/c1-19-4-11-22(12-5-19)24-16-17-28(2,3)26-18-21(10-15-25(24)26)7-6-20-8-13-23(14-9-20)27(29)30/h4-5,8-16,18H,17H2,1-3H3,(H,29,30). The lowest BCUT2D eigenvalue weighted by molar-refractivity contribution is 0.0697. The summed E-state index contributed by atoms with van der Waals surface area (Å²) in [5, 5.41) is 9.02. The third-order valence-corrected chi connectivity index (χ3v) is 5.70. The quantitative estimate of drug-likeness (QED) is 0.527. The van der Waals surface area contributed by atoms with Gasteiger partial charge in [0, 0.05) is 11.1 Å². The Bertz CT molecular complexity index is 1200. The van der Waals surface area contributed by atoms with E-state index in [4.69, 9.17) is 5.11 Å². The van der Waals surface area contributed by atoms with Crippen LogP contribution in [0.1, 0.15) is 64.0 Å². The van der Waals surface area contributed by atoms with E-state index >= 15 is 0 Å². The molecule has 1 N–H and O–H groups in total. The molecule has 0 saturated carbocycles. The number of aryl methyl sites for hydroxylation is 1. The van der Waals surface area contributed by atoms with Crippen molar-refractivity contribution in [3.63, 3.8) is 0 Å². The fourth-order valence-electron chi connectivity index (χ4n) is 3.84. The van der Waals surface area contributed by atoms with E-state index in [1.165, 1.54) is 27.8 Å². The van der Waals surface area contributed by atoms with Crippen molar-refractivity contribution in [2.24, 2.45) is 0 Å². The van der Waals surface area contributed by atoms with Crippen LogP contribution in [0.5, 0.6) is 0 Å². The second-order valence-corrected chi connectivity index (χ2v) is 8.46. The van der Waals surface area contributed by atoms with Gasteiger partial charge in [0.2, 0.25) is 0 Å². The molecule has 30 heavy (non-hydrogen) atoms. The molecule has 3 aromatic carbocycles. The molecule has 0 amide bonds. The van der Waals surface area contributed by atoms with Gasteiger partial charge in [0.1, 0.15) is 0 Å². The van der Waals surface area contributed by atoms with Crippen molar-refractivity contribution in [1.82, 2.24) is 0 Å². The molecule has 4 rings (SSSR count). The highest BCUT2D eigenvalue weighted by atomic mass is 16.4. The molecule has 1 aliphatic carbocycles. The summed E-state index contributed by atoms with van der Waals surface area (Å²) in [5.41, 5.74) is 8.46. The summed E-state index contributed by atoms with van der Waals surface area (Å²) in [6.07, 6.45) is 3.33. The highest BCUT2D eigenvalue weighted by Gasteiger charge is 2.28. The number of carbonyl (C=O) groups is 1. The summed E-state index contributed by atoms with van der Waals surface area (Å²) >= 11 is 0. The Morgan fingerprint density at radius 2 is 1.53 bits per heavy atom. The number of fused-ring (bicyclic) bond motifs is 1. The second kappa shape index (κ2) is 7.69. The largest absolute Gasteiger partial charge is 0.478 e. The Labute approximate surface area is 177 Å². The van der Waals surface area contributed by atoms with Crippen LogP contribution < -0.4 is 0 Å². The van der Waals surface area contributed by atoms with Gasteiger partial charge in [-0.05, 0) is 77.4 Å². The van der Waals surface area contributed by atoms with Crippen molar-refractivity contribution in [2.75, 3.05) is 0 Å². The average Bonchev–Trinajstić information content (AvgIpc) is 2.74. The molecular formula is C28H24O2. The van der Waals surface area contributed by atoms with Gasteiger partial charge in [-0.1, -0.05) is 67.7 Å². The molecule has 3 aromatic rings. The monoisotopic (exact) mass is 392 g/mol. The maximum atomic E-state index is 11.0. The molecule has 0 heterocycles. The SMILES string of the molecule is Cc1ccc(C2=CCC(C)(C)c3cc(C#Cc4ccc(C(=O)O)cc4)ccc32)cc1. The fourth-order valence-corrected chi connectivity index (χ4v) is 3.84. The minimum absolute atomic E-state index is 0.0460. The number of carboxylic acid groups (broad SMARTS) is 1. The zero-order valence-corrected chi connectivity index (χ0v) is 17.5. The van der Waals surface area contributed by atoms with Crippen LogP contribution in [-0.2, 0) is 5.41 Å². The lowest BCUT2D eigenvalue weighted by Gasteiger charge is -2.32. The predicted octanol–water partition coefficient (Wildman–Crippen LogP) is 6.21. The zero-order valence-electron chi connectivity index (χ0n) is 17.5. The minimum atomic E-state index is -0.927. The van der Waals surface area contributed by atoms with Gasteiger partial charge in [0.05, 0.1) is 5.56 Å². The van der Waals surface area contributed by atoms with Gasteiger partial charge >= 0.3 is 5.97 Å². The molecule has 0 spiro atoms. The number of carboxylic acids is 1. The number of hydrogen-bond donors (Lipinski definition) is 1. The summed E-state index contributed by atoms with van der Waals surface area (Å²) in [5.74, 6) is 5.47. The maximum absolute atomic E-state index is 11.0. The molecular weight excluding hydrogens is 368 g/mol. The summed E-state index contributed by atoms with van der Waals surface area (Å²) in [7, 11) is 0. The van der Waals surface area contributed by atoms with E-state index in [2.05, 4.69) is 81.2 Å². The Morgan fingerprint density at radius 3 is 2.20 bits per heavy atom. The lowest BCUT2D eigenvalue weighted by atomic mass is 9.72. The van der Waals surface area contributed by atoms with E-state index in [1.807, 2.05) is 0 Å². The molecule has 0 saturated heterocycles. The Morgan fingerprint density at radius 1 is 0.900 bits per heavy atom. The molecule has 148 valence electrons. The number of allylic oxidation sites excluding steroid dienone is 1. The number of aromatic carboxylic acids is 1. The van der Waals surface area contributed by atoms with Crippen LogP contribution >= 0.6 is 0 Å². The van der Waals surface area contributed by atoms with E-state index in [1.54, 1.807) is 24.3 Å². The summed E-state index contributed by atoms with van der Waals surface area (Å²) in [4.78, 5) is 11.0. The Hall–Kier alpha value is -3.57. The van der Waals surface area contributed by atoms with Crippen LogP contribution in [0.25, 0.3) is 5.57 Å². The third kappa shape index (κ3) is 3.93. The first-order chi connectivity index (χ1) is 14.3. The van der Waals surface area contributed by atoms with Gasteiger partial charge in [-0.2, -0.15) is 0 Å². The van der Waals surface area contributed by atoms with Crippen LogP contribution in [0.15, 0.2) is 72.8 Å². The minimum Gasteiger partial charge on any atom is -0.478 e. The number of benzene rings is 3. The van der Waals surface area contributed by atoms with Gasteiger partial charge < -0.3 is 5.11 Å². The summed E-state index contributed by atoms with van der Waals surface area (Å²) in [6.45, 7) is 6.66. The van der Waals surface area contributed by atoms with Gasteiger partial charge in [0.15, 0.2) is 0 Å². The Kier molecular flexibility index (Phi) is 5.06. The second-order valence-electron chi connectivity index (χ2n) is 8.46. The van der Waals surface area contributed by atoms with Gasteiger partial charge in [-0.3, -0.25) is 0 Å². The van der Waals surface area contributed by atoms with Gasteiger partial charge in [0.25, 0.3) is 0 Å². The van der Waals surface area contributed by atoms with Gasteiger partial charge in [-0.15, -0.1) is 0 Å². The first-order valence-corrected chi connectivity index (χ1v) is 10.1. The first-order valence-electron chi connectivity index (χ1n) is 10.1. The molecule has 0 radical (unpaired) electrons. The highest BCUT2D eigenvalue weighted by Crippen LogP contribution is 2.41. The highest BCUT2D eigenvalue weighted by molar-refractivity contribution is 5.87. The number of rotatable bonds is 2. The third-order valence-electron chi connectivity index (χ3n) is 5.70. The zero-order chi connectivity index (χ0) is 21.3. The van der Waals surface area contributed by atoms with E-state index in [-0.39, 0.29) is 11.0 Å². The van der Waals surface area contributed by atoms with E-state index in [9.17, 15) is 4.79 Å². The first kappa shape index (κ1) is 19.7. The fraction of sp³-hybridized carbons (Fsp3) is 0.179.